The third-order valence-electron chi connectivity index (χ3n) is 2.75. The molecule has 0 aliphatic heterocycles. The van der Waals surface area contributed by atoms with Crippen molar-refractivity contribution >= 4 is 40.4 Å². The first-order valence-corrected chi connectivity index (χ1v) is 6.90. The average molecular weight is 337 g/mol. The molecule has 0 amide bonds. The third kappa shape index (κ3) is 4.07. The van der Waals surface area contributed by atoms with Gasteiger partial charge in [0, 0.05) is 35.7 Å². The van der Waals surface area contributed by atoms with Crippen LogP contribution in [0.2, 0.25) is 10.0 Å². The summed E-state index contributed by atoms with van der Waals surface area (Å²) in [7, 11) is 0. The Balaban J connectivity index is 2.05. The number of halogens is 2. The van der Waals surface area contributed by atoms with Crippen molar-refractivity contribution in [1.29, 1.82) is 0 Å². The second-order valence-electron chi connectivity index (χ2n) is 4.28. The zero-order chi connectivity index (χ0) is 16.1. The molecule has 2 aromatic carbocycles. The molecule has 0 bridgehead atoms. The smallest absolute Gasteiger partial charge is 0.271 e. The highest BCUT2D eigenvalue weighted by atomic mass is 35.5. The Hall–Kier alpha value is -2.37. The molecule has 0 spiro atoms. The Bertz CT molecular complexity index is 760. The first-order chi connectivity index (χ1) is 10.5. The molecule has 0 atom stereocenters. The number of ketones is 1. The van der Waals surface area contributed by atoms with Crippen LogP contribution in [0, 0.1) is 10.1 Å². The van der Waals surface area contributed by atoms with Crippen molar-refractivity contribution in [2.75, 3.05) is 5.32 Å². The van der Waals surface area contributed by atoms with E-state index in [2.05, 4.69) is 5.32 Å². The maximum Gasteiger partial charge on any atom is 0.271 e. The molecule has 2 rings (SSSR count). The maximum atomic E-state index is 11.9. The van der Waals surface area contributed by atoms with Crippen molar-refractivity contribution in [3.8, 4) is 0 Å². The van der Waals surface area contributed by atoms with E-state index in [-0.39, 0.29) is 11.5 Å². The van der Waals surface area contributed by atoms with Crippen LogP contribution in [-0.2, 0) is 0 Å². The van der Waals surface area contributed by atoms with Gasteiger partial charge in [-0.3, -0.25) is 14.9 Å². The van der Waals surface area contributed by atoms with Crippen molar-refractivity contribution in [2.45, 2.75) is 0 Å². The number of nitrogens with one attached hydrogen (secondary N) is 1. The van der Waals surface area contributed by atoms with Crippen LogP contribution in [0.5, 0.6) is 0 Å². The predicted octanol–water partition coefficient (Wildman–Crippen LogP) is 4.71. The number of carbonyl (C=O) groups excluding carboxylic acids is 1. The van der Waals surface area contributed by atoms with E-state index in [0.717, 1.165) is 0 Å². The van der Waals surface area contributed by atoms with E-state index in [1.54, 1.807) is 24.3 Å². The van der Waals surface area contributed by atoms with Gasteiger partial charge in [0.05, 0.1) is 15.0 Å². The van der Waals surface area contributed by atoms with E-state index in [0.29, 0.717) is 21.3 Å². The van der Waals surface area contributed by atoms with E-state index in [4.69, 9.17) is 23.2 Å². The highest BCUT2D eigenvalue weighted by Crippen LogP contribution is 2.23. The van der Waals surface area contributed by atoms with Gasteiger partial charge >= 0.3 is 0 Å². The fourth-order valence-electron chi connectivity index (χ4n) is 1.67. The van der Waals surface area contributed by atoms with Gasteiger partial charge in [0.15, 0.2) is 5.78 Å². The van der Waals surface area contributed by atoms with E-state index in [9.17, 15) is 14.9 Å². The summed E-state index contributed by atoms with van der Waals surface area (Å²) in [6.45, 7) is 0. The Morgan fingerprint density at radius 2 is 1.91 bits per heavy atom. The largest absolute Gasteiger partial charge is 0.361 e. The number of non-ortho nitro benzene ring substituents is 1. The molecular formula is C15H10Cl2N2O3. The molecular weight excluding hydrogens is 327 g/mol. The molecule has 0 heterocycles. The van der Waals surface area contributed by atoms with Gasteiger partial charge in [-0.2, -0.15) is 0 Å². The first kappa shape index (κ1) is 16.0. The van der Waals surface area contributed by atoms with Gasteiger partial charge in [-0.1, -0.05) is 29.3 Å². The molecule has 1 N–H and O–H groups in total. The lowest BCUT2D eigenvalue weighted by atomic mass is 10.1. The Morgan fingerprint density at radius 1 is 1.14 bits per heavy atom. The fraction of sp³-hybridized carbons (Fsp3) is 0. The van der Waals surface area contributed by atoms with Crippen LogP contribution < -0.4 is 5.32 Å². The minimum atomic E-state index is -0.490. The molecule has 0 saturated heterocycles. The van der Waals surface area contributed by atoms with Crippen LogP contribution in [-0.4, -0.2) is 10.7 Å². The number of nitrogens with zero attached hydrogens (tertiary/aromatic N) is 1. The molecule has 0 radical (unpaired) electrons. The van der Waals surface area contributed by atoms with E-state index < -0.39 is 4.92 Å². The fourth-order valence-corrected chi connectivity index (χ4v) is 1.97. The van der Waals surface area contributed by atoms with Crippen molar-refractivity contribution in [3.05, 3.63) is 80.5 Å². The van der Waals surface area contributed by atoms with Gasteiger partial charge in [0.25, 0.3) is 5.69 Å². The van der Waals surface area contributed by atoms with Crippen LogP contribution in [0.15, 0.2) is 54.7 Å². The van der Waals surface area contributed by atoms with E-state index in [1.807, 2.05) is 0 Å². The number of benzene rings is 2. The van der Waals surface area contributed by atoms with Crippen LogP contribution >= 0.6 is 23.2 Å². The molecule has 0 unspecified atom stereocenters. The number of anilines is 1. The summed E-state index contributed by atoms with van der Waals surface area (Å²) in [5, 5.41) is 14.1. The first-order valence-electron chi connectivity index (χ1n) is 6.14. The average Bonchev–Trinajstić information content (AvgIpc) is 2.50. The van der Waals surface area contributed by atoms with Crippen molar-refractivity contribution in [2.24, 2.45) is 0 Å². The lowest BCUT2D eigenvalue weighted by Crippen LogP contribution is -1.97. The van der Waals surface area contributed by atoms with Gasteiger partial charge in [-0.25, -0.2) is 0 Å². The van der Waals surface area contributed by atoms with Crippen LogP contribution in [0.3, 0.4) is 0 Å². The summed E-state index contributed by atoms with van der Waals surface area (Å²) in [4.78, 5) is 22.1. The third-order valence-corrected chi connectivity index (χ3v) is 3.48. The lowest BCUT2D eigenvalue weighted by molar-refractivity contribution is -0.384. The summed E-state index contributed by atoms with van der Waals surface area (Å²) in [6, 6.07) is 10.5. The monoisotopic (exact) mass is 336 g/mol. The van der Waals surface area contributed by atoms with Gasteiger partial charge in [-0.05, 0) is 24.3 Å². The molecule has 0 saturated carbocycles. The Kier molecular flexibility index (Phi) is 5.14. The van der Waals surface area contributed by atoms with Gasteiger partial charge in [0.2, 0.25) is 0 Å². The normalized spacial score (nSPS) is 10.6. The molecule has 0 fully saturated rings. The molecule has 0 aromatic heterocycles. The number of nitro benzene ring substituents is 1. The molecule has 112 valence electrons. The van der Waals surface area contributed by atoms with Gasteiger partial charge in [0.1, 0.15) is 0 Å². The Labute approximate surface area is 136 Å². The minimum absolute atomic E-state index is 0.0331. The molecule has 22 heavy (non-hydrogen) atoms. The van der Waals surface area contributed by atoms with E-state index in [1.165, 1.54) is 30.5 Å². The number of rotatable bonds is 5. The van der Waals surface area contributed by atoms with Gasteiger partial charge in [-0.15, -0.1) is 0 Å². The standard InChI is InChI=1S/C15H10Cl2N2O3/c16-13-5-4-10(8-14(13)17)15(20)6-7-18-11-2-1-3-12(9-11)19(21)22/h1-9,18H/b7-6-. The summed E-state index contributed by atoms with van der Waals surface area (Å²) in [6.07, 6.45) is 2.71. The summed E-state index contributed by atoms with van der Waals surface area (Å²) in [5.41, 5.74) is 0.869. The zero-order valence-electron chi connectivity index (χ0n) is 11.1. The highest BCUT2D eigenvalue weighted by Gasteiger charge is 2.06. The van der Waals surface area contributed by atoms with Crippen LogP contribution in [0.1, 0.15) is 10.4 Å². The summed E-state index contributed by atoms with van der Waals surface area (Å²) >= 11 is 11.6. The molecule has 0 aliphatic rings. The highest BCUT2D eigenvalue weighted by molar-refractivity contribution is 6.42. The molecule has 7 heteroatoms. The summed E-state index contributed by atoms with van der Waals surface area (Å²) in [5.74, 6) is -0.267. The second kappa shape index (κ2) is 7.06. The number of hydrogen-bond donors (Lipinski definition) is 1. The predicted molar refractivity (Wildman–Crippen MR) is 86.7 cm³/mol. The number of allylic oxidation sites excluding steroid dienone is 1. The number of nitro groups is 1. The molecule has 5 nitrogen and oxygen atoms in total. The van der Waals surface area contributed by atoms with E-state index >= 15 is 0 Å². The lowest BCUT2D eigenvalue weighted by Gasteiger charge is -2.01. The van der Waals surface area contributed by atoms with Gasteiger partial charge < -0.3 is 5.32 Å². The SMILES string of the molecule is O=C(/C=C\Nc1cccc([N+](=O)[O-])c1)c1ccc(Cl)c(Cl)c1. The van der Waals surface area contributed by atoms with Crippen molar-refractivity contribution in [1.82, 2.24) is 0 Å². The maximum absolute atomic E-state index is 11.9. The quantitative estimate of drug-likeness (QED) is 0.371. The van der Waals surface area contributed by atoms with Crippen molar-refractivity contribution in [3.63, 3.8) is 0 Å². The molecule has 2 aromatic rings. The van der Waals surface area contributed by atoms with Crippen LogP contribution in [0.4, 0.5) is 11.4 Å². The Morgan fingerprint density at radius 3 is 2.59 bits per heavy atom. The second-order valence-corrected chi connectivity index (χ2v) is 5.09. The minimum Gasteiger partial charge on any atom is -0.361 e. The number of hydrogen-bond acceptors (Lipinski definition) is 4. The van der Waals surface area contributed by atoms with Crippen molar-refractivity contribution < 1.29 is 9.72 Å². The van der Waals surface area contributed by atoms with Crippen LogP contribution in [0.25, 0.3) is 0 Å². The summed E-state index contributed by atoms with van der Waals surface area (Å²) < 4.78 is 0. The topological polar surface area (TPSA) is 72.2 Å². The zero-order valence-corrected chi connectivity index (χ0v) is 12.6. The molecule has 0 aliphatic carbocycles. The number of carbonyl (C=O) groups is 1.